The predicted molar refractivity (Wildman–Crippen MR) is 35.1 cm³/mol. The minimum atomic E-state index is -1.29. The molecule has 0 amide bonds. The number of hydrogen-bond donors (Lipinski definition) is 0. The van der Waals surface area contributed by atoms with Crippen LogP contribution in [0.2, 0.25) is 0 Å². The highest BCUT2D eigenvalue weighted by Gasteiger charge is 2.08. The Kier molecular flexibility index (Phi) is 1.12. The van der Waals surface area contributed by atoms with Crippen LogP contribution in [-0.4, -0.2) is 19.1 Å². The molecule has 2 aliphatic heterocycles. The van der Waals surface area contributed by atoms with E-state index < -0.39 is 10.9 Å². The molecule has 0 aromatic carbocycles. The molecular weight excluding hydrogens is 150 g/mol. The summed E-state index contributed by atoms with van der Waals surface area (Å²) in [6, 6.07) is 1.76. The van der Waals surface area contributed by atoms with Crippen molar-refractivity contribution in [3.05, 3.63) is 17.6 Å². The summed E-state index contributed by atoms with van der Waals surface area (Å²) in [5.74, 6) is 0.555. The third-order valence-corrected chi connectivity index (χ3v) is 1.85. The lowest BCUT2D eigenvalue weighted by molar-refractivity contribution is 0.586. The van der Waals surface area contributed by atoms with Crippen LogP contribution in [0.4, 0.5) is 0 Å². The smallest absolute Gasteiger partial charge is 0.191 e. The fourth-order valence-electron chi connectivity index (χ4n) is 0.724. The van der Waals surface area contributed by atoms with Crippen molar-refractivity contribution < 1.29 is 4.55 Å². The quantitative estimate of drug-likeness (QED) is 0.523. The van der Waals surface area contributed by atoms with Crippen LogP contribution in [0, 0.1) is 0 Å². The standard InChI is InChI=1S/C5H3N3OS/c9-10-3-4-1-2-6-5(4)7-8-10/h1-3H. The third-order valence-electron chi connectivity index (χ3n) is 1.15. The fourth-order valence-corrected chi connectivity index (χ4v) is 1.33. The number of hydrogen-bond acceptors (Lipinski definition) is 4. The number of rotatable bonds is 0. The molecule has 1 unspecified atom stereocenters. The van der Waals surface area contributed by atoms with E-state index in [-0.39, 0.29) is 0 Å². The largest absolute Gasteiger partial charge is 0.567 e. The Labute approximate surface area is 59.8 Å². The van der Waals surface area contributed by atoms with Crippen molar-refractivity contribution in [2.24, 2.45) is 0 Å². The number of aromatic nitrogens is 3. The molecule has 0 aromatic heterocycles. The van der Waals surface area contributed by atoms with Gasteiger partial charge in [0.15, 0.2) is 11.2 Å². The predicted octanol–water partition coefficient (Wildman–Crippen LogP) is 0.704. The molecule has 50 valence electrons. The second-order valence-corrected chi connectivity index (χ2v) is 2.75. The first kappa shape index (κ1) is 5.70. The molecule has 5 heteroatoms. The zero-order valence-electron chi connectivity index (χ0n) is 4.89. The topological polar surface area (TPSA) is 61.7 Å². The van der Waals surface area contributed by atoms with Crippen molar-refractivity contribution in [2.45, 2.75) is 0 Å². The Morgan fingerprint density at radius 3 is 3.30 bits per heavy atom. The van der Waals surface area contributed by atoms with Crippen LogP contribution >= 0.6 is 10.9 Å². The SMILES string of the molecule is [O-][s+]1cc2ccnc-2nn1. The van der Waals surface area contributed by atoms with E-state index in [0.29, 0.717) is 5.82 Å². The maximum absolute atomic E-state index is 10.7. The van der Waals surface area contributed by atoms with E-state index in [1.165, 1.54) is 5.38 Å². The monoisotopic (exact) mass is 153 g/mol. The fraction of sp³-hybridized carbons (Fsp3) is 0. The van der Waals surface area contributed by atoms with Gasteiger partial charge in [-0.05, 0) is 6.07 Å². The van der Waals surface area contributed by atoms with E-state index in [2.05, 4.69) is 14.6 Å². The van der Waals surface area contributed by atoms with Gasteiger partial charge in [-0.25, -0.2) is 4.98 Å². The van der Waals surface area contributed by atoms with E-state index >= 15 is 0 Å². The molecule has 0 saturated heterocycles. The summed E-state index contributed by atoms with van der Waals surface area (Å²) in [7, 11) is -1.29. The first-order valence-corrected chi connectivity index (χ1v) is 3.82. The minimum absolute atomic E-state index is 0.555. The number of fused-ring (bicyclic) bond motifs is 1. The van der Waals surface area contributed by atoms with Gasteiger partial charge in [-0.2, -0.15) is 0 Å². The van der Waals surface area contributed by atoms with Gasteiger partial charge in [0.2, 0.25) is 0 Å². The highest BCUT2D eigenvalue weighted by atomic mass is 32.2. The van der Waals surface area contributed by atoms with Gasteiger partial charge < -0.3 is 4.55 Å². The summed E-state index contributed by atoms with van der Waals surface area (Å²) in [5, 5.41) is 5.14. The summed E-state index contributed by atoms with van der Waals surface area (Å²) in [4.78, 5) is 3.87. The van der Waals surface area contributed by atoms with Gasteiger partial charge in [0, 0.05) is 6.20 Å². The van der Waals surface area contributed by atoms with Crippen molar-refractivity contribution >= 4 is 10.9 Å². The van der Waals surface area contributed by atoms with Gasteiger partial charge in [-0.15, -0.1) is 0 Å². The maximum atomic E-state index is 10.7. The lowest BCUT2D eigenvalue weighted by Gasteiger charge is -1.89. The second kappa shape index (κ2) is 1.96. The van der Waals surface area contributed by atoms with Crippen LogP contribution in [0.15, 0.2) is 17.6 Å². The zero-order chi connectivity index (χ0) is 6.97. The Hall–Kier alpha value is -1.07. The van der Waals surface area contributed by atoms with Crippen molar-refractivity contribution in [3.63, 3.8) is 0 Å². The molecule has 0 saturated carbocycles. The lowest BCUT2D eigenvalue weighted by Crippen LogP contribution is -1.85. The van der Waals surface area contributed by atoms with Crippen LogP contribution in [0.5, 0.6) is 0 Å². The summed E-state index contributed by atoms with van der Waals surface area (Å²) in [6.07, 6.45) is 1.61. The zero-order valence-corrected chi connectivity index (χ0v) is 5.71. The maximum Gasteiger partial charge on any atom is 0.191 e. The molecule has 0 spiro atoms. The number of nitrogens with zero attached hydrogens (tertiary/aromatic N) is 3. The molecule has 2 rings (SSSR count). The van der Waals surface area contributed by atoms with Crippen LogP contribution in [0.1, 0.15) is 0 Å². The Bertz CT molecular complexity index is 321. The highest BCUT2D eigenvalue weighted by molar-refractivity contribution is 7.17. The molecule has 0 fully saturated rings. The first-order chi connectivity index (χ1) is 4.86. The van der Waals surface area contributed by atoms with E-state index in [9.17, 15) is 4.55 Å². The third kappa shape index (κ3) is 0.758. The van der Waals surface area contributed by atoms with Crippen LogP contribution < -0.4 is 0 Å². The van der Waals surface area contributed by atoms with E-state index in [1.807, 2.05) is 0 Å². The van der Waals surface area contributed by atoms with Crippen LogP contribution in [-0.2, 0) is 0 Å². The van der Waals surface area contributed by atoms with Crippen LogP contribution in [0.3, 0.4) is 0 Å². The minimum Gasteiger partial charge on any atom is -0.567 e. The van der Waals surface area contributed by atoms with Crippen molar-refractivity contribution in [1.82, 2.24) is 14.6 Å². The van der Waals surface area contributed by atoms with Gasteiger partial charge in [0.25, 0.3) is 0 Å². The van der Waals surface area contributed by atoms with E-state index in [0.717, 1.165) is 5.56 Å². The van der Waals surface area contributed by atoms with E-state index in [1.54, 1.807) is 12.3 Å². The molecule has 2 heterocycles. The van der Waals surface area contributed by atoms with Gasteiger partial charge in [0.05, 0.1) is 21.0 Å². The molecule has 0 N–H and O–H groups in total. The molecule has 0 aliphatic carbocycles. The molecule has 0 radical (unpaired) electrons. The molecular formula is C5H3N3OS. The van der Waals surface area contributed by atoms with Crippen molar-refractivity contribution in [1.29, 1.82) is 0 Å². The van der Waals surface area contributed by atoms with Gasteiger partial charge in [0.1, 0.15) is 0 Å². The molecule has 2 aliphatic rings. The Morgan fingerprint density at radius 1 is 1.50 bits per heavy atom. The Morgan fingerprint density at radius 2 is 2.40 bits per heavy atom. The second-order valence-electron chi connectivity index (χ2n) is 1.80. The molecule has 4 nitrogen and oxygen atoms in total. The van der Waals surface area contributed by atoms with E-state index in [4.69, 9.17) is 0 Å². The van der Waals surface area contributed by atoms with Gasteiger partial charge >= 0.3 is 0 Å². The summed E-state index contributed by atoms with van der Waals surface area (Å²) in [5.41, 5.74) is 0.799. The molecule has 10 heavy (non-hydrogen) atoms. The summed E-state index contributed by atoms with van der Waals surface area (Å²) < 4.78 is 14.1. The Balaban J connectivity index is 2.75. The highest BCUT2D eigenvalue weighted by Crippen LogP contribution is 2.19. The van der Waals surface area contributed by atoms with Gasteiger partial charge in [-0.3, -0.25) is 0 Å². The van der Waals surface area contributed by atoms with Crippen LogP contribution in [0.25, 0.3) is 11.4 Å². The normalized spacial score (nSPS) is 12.3. The molecule has 0 aromatic rings. The van der Waals surface area contributed by atoms with Crippen molar-refractivity contribution in [2.75, 3.05) is 0 Å². The van der Waals surface area contributed by atoms with Gasteiger partial charge in [-0.1, -0.05) is 5.10 Å². The summed E-state index contributed by atoms with van der Waals surface area (Å²) in [6.45, 7) is 0. The first-order valence-electron chi connectivity index (χ1n) is 2.65. The average molecular weight is 153 g/mol. The average Bonchev–Trinajstić information content (AvgIpc) is 2.33. The molecule has 1 atom stereocenters. The summed E-state index contributed by atoms with van der Waals surface area (Å²) >= 11 is 0. The lowest BCUT2D eigenvalue weighted by atomic mass is 10.4. The van der Waals surface area contributed by atoms with Crippen molar-refractivity contribution in [3.8, 4) is 11.4 Å². The molecule has 0 bridgehead atoms.